The van der Waals surface area contributed by atoms with Crippen molar-refractivity contribution in [3.63, 3.8) is 0 Å². The van der Waals surface area contributed by atoms with Crippen LogP contribution in [0.2, 0.25) is 0 Å². The quantitative estimate of drug-likeness (QED) is 0.116. The third-order valence-electron chi connectivity index (χ3n) is 6.46. The Morgan fingerprint density at radius 2 is 0.902 bits per heavy atom. The van der Waals surface area contributed by atoms with E-state index < -0.39 is 5.97 Å². The van der Waals surface area contributed by atoms with Gasteiger partial charge in [0.1, 0.15) is 11.6 Å². The molecule has 0 saturated heterocycles. The van der Waals surface area contributed by atoms with Crippen LogP contribution in [0.1, 0.15) is 5.56 Å². The minimum absolute atomic E-state index is 0.310. The maximum Gasteiger partial charge on any atom is 0.346 e. The van der Waals surface area contributed by atoms with Gasteiger partial charge in [0.25, 0.3) is 0 Å². The molecule has 5 nitrogen and oxygen atoms in total. The zero-order valence-electron chi connectivity index (χ0n) is 22.2. The Hall–Kier alpha value is -5.86. The highest BCUT2D eigenvalue weighted by molar-refractivity contribution is 5.91. The molecule has 0 fully saturated rings. The molecule has 0 unspecified atom stereocenters. The van der Waals surface area contributed by atoms with E-state index in [2.05, 4.69) is 70.5 Å². The zero-order chi connectivity index (χ0) is 28.4. The highest BCUT2D eigenvalue weighted by Crippen LogP contribution is 2.38. The Balaban J connectivity index is 1.48. The highest BCUT2D eigenvalue weighted by atomic mass is 16.4. The monoisotopic (exact) mass is 533 g/mol. The first-order valence-corrected chi connectivity index (χ1v) is 13.1. The minimum atomic E-state index is -1.24. The second-order valence-electron chi connectivity index (χ2n) is 9.14. The van der Waals surface area contributed by atoms with Gasteiger partial charge in [0.05, 0.1) is 0 Å². The molecule has 0 atom stereocenters. The molecule has 0 saturated carbocycles. The van der Waals surface area contributed by atoms with E-state index in [9.17, 15) is 4.79 Å². The van der Waals surface area contributed by atoms with Crippen LogP contribution in [0.4, 0.5) is 34.1 Å². The van der Waals surface area contributed by atoms with E-state index in [1.165, 1.54) is 6.08 Å². The van der Waals surface area contributed by atoms with Gasteiger partial charge < -0.3 is 14.9 Å². The van der Waals surface area contributed by atoms with Gasteiger partial charge in [-0.3, -0.25) is 0 Å². The van der Waals surface area contributed by atoms with Crippen molar-refractivity contribution >= 4 is 46.2 Å². The first kappa shape index (κ1) is 26.7. The average Bonchev–Trinajstić information content (AvgIpc) is 3.02. The molecular formula is C36H27N3O2. The Morgan fingerprint density at radius 3 is 1.24 bits per heavy atom. The summed E-state index contributed by atoms with van der Waals surface area (Å²) in [5, 5.41) is 17.9. The van der Waals surface area contributed by atoms with Crippen LogP contribution in [0.5, 0.6) is 0 Å². The van der Waals surface area contributed by atoms with Crippen LogP contribution >= 0.6 is 0 Å². The number of hydrogen-bond donors (Lipinski definition) is 1. The van der Waals surface area contributed by atoms with E-state index in [4.69, 9.17) is 10.4 Å². The fourth-order valence-electron chi connectivity index (χ4n) is 4.52. The first-order valence-electron chi connectivity index (χ1n) is 13.1. The van der Waals surface area contributed by atoms with Crippen molar-refractivity contribution in [3.05, 3.63) is 163 Å². The predicted molar refractivity (Wildman–Crippen MR) is 166 cm³/mol. The number of carboxylic acids is 1. The van der Waals surface area contributed by atoms with Gasteiger partial charge >= 0.3 is 5.97 Å². The van der Waals surface area contributed by atoms with Gasteiger partial charge in [0, 0.05) is 34.1 Å². The number of aliphatic carboxylic acids is 1. The van der Waals surface area contributed by atoms with Gasteiger partial charge in [-0.15, -0.1) is 0 Å². The summed E-state index contributed by atoms with van der Waals surface area (Å²) >= 11 is 0. The number of nitrogens with zero attached hydrogens (tertiary/aromatic N) is 3. The maximum atomic E-state index is 11.0. The molecule has 0 amide bonds. The fourth-order valence-corrected chi connectivity index (χ4v) is 4.52. The van der Waals surface area contributed by atoms with E-state index in [0.29, 0.717) is 0 Å². The molecule has 198 valence electrons. The first-order chi connectivity index (χ1) is 20.1. The highest BCUT2D eigenvalue weighted by Gasteiger charge is 2.15. The van der Waals surface area contributed by atoms with E-state index >= 15 is 0 Å². The van der Waals surface area contributed by atoms with E-state index in [0.717, 1.165) is 39.7 Å². The molecular weight excluding hydrogens is 506 g/mol. The van der Waals surface area contributed by atoms with Crippen molar-refractivity contribution < 1.29 is 9.90 Å². The molecule has 0 aliphatic heterocycles. The Bertz CT molecular complexity index is 1650. The molecule has 0 radical (unpaired) electrons. The lowest BCUT2D eigenvalue weighted by molar-refractivity contribution is -0.132. The topological polar surface area (TPSA) is 67.6 Å². The number of hydrogen-bond acceptors (Lipinski definition) is 4. The SMILES string of the molecule is N#C/C(=C\C=C\c1ccc(N(c2ccccc2)c2ccc(N(c3ccccc3)c3ccccc3)cc2)cc1)C(=O)O. The number of rotatable bonds is 9. The molecule has 5 aromatic carbocycles. The number of carbonyl (C=O) groups is 1. The van der Waals surface area contributed by atoms with Crippen LogP contribution in [0, 0.1) is 11.3 Å². The average molecular weight is 534 g/mol. The summed E-state index contributed by atoms with van der Waals surface area (Å²) < 4.78 is 0. The Kier molecular flexibility index (Phi) is 8.34. The second-order valence-corrected chi connectivity index (χ2v) is 9.14. The standard InChI is InChI=1S/C36H27N3O2/c37-27-29(36(40)41)12-10-11-28-19-21-33(22-20-28)39(32-17-8-3-9-18-32)35-25-23-34(24-26-35)38(30-13-4-1-5-14-30)31-15-6-2-7-16-31/h1-26H,(H,40,41)/b11-10+,29-12+. The number of anilines is 6. The van der Waals surface area contributed by atoms with Crippen molar-refractivity contribution in [2.45, 2.75) is 0 Å². The van der Waals surface area contributed by atoms with Gasteiger partial charge in [-0.05, 0) is 84.4 Å². The van der Waals surface area contributed by atoms with E-state index in [1.54, 1.807) is 18.2 Å². The Labute approximate surface area is 239 Å². The number of benzene rings is 5. The van der Waals surface area contributed by atoms with E-state index in [-0.39, 0.29) is 5.57 Å². The van der Waals surface area contributed by atoms with Crippen LogP contribution in [0.15, 0.2) is 157 Å². The lowest BCUT2D eigenvalue weighted by Crippen LogP contribution is -2.12. The molecule has 41 heavy (non-hydrogen) atoms. The van der Waals surface area contributed by atoms with Crippen LogP contribution in [0.25, 0.3) is 6.08 Å². The van der Waals surface area contributed by atoms with Crippen molar-refractivity contribution in [1.82, 2.24) is 0 Å². The predicted octanol–water partition coefficient (Wildman–Crippen LogP) is 9.17. The van der Waals surface area contributed by atoms with E-state index in [1.807, 2.05) is 78.9 Å². The maximum absolute atomic E-state index is 11.0. The van der Waals surface area contributed by atoms with Crippen molar-refractivity contribution in [2.75, 3.05) is 9.80 Å². The molecule has 0 aliphatic rings. The molecule has 0 heterocycles. The van der Waals surface area contributed by atoms with Crippen molar-refractivity contribution in [1.29, 1.82) is 5.26 Å². The molecule has 0 spiro atoms. The fraction of sp³-hybridized carbons (Fsp3) is 0. The lowest BCUT2D eigenvalue weighted by Gasteiger charge is -2.28. The van der Waals surface area contributed by atoms with Gasteiger partial charge in [0.2, 0.25) is 0 Å². The lowest BCUT2D eigenvalue weighted by atomic mass is 10.1. The van der Waals surface area contributed by atoms with Gasteiger partial charge in [-0.25, -0.2) is 4.79 Å². The van der Waals surface area contributed by atoms with Gasteiger partial charge in [-0.2, -0.15) is 5.26 Å². The minimum Gasteiger partial charge on any atom is -0.477 e. The molecule has 0 aliphatic carbocycles. The second kappa shape index (κ2) is 12.8. The van der Waals surface area contributed by atoms with Crippen LogP contribution < -0.4 is 9.80 Å². The Morgan fingerprint density at radius 1 is 0.561 bits per heavy atom. The number of nitriles is 1. The molecule has 5 aromatic rings. The summed E-state index contributed by atoms with van der Waals surface area (Å²) in [7, 11) is 0. The van der Waals surface area contributed by atoms with Crippen molar-refractivity contribution in [3.8, 4) is 6.07 Å². The molecule has 0 aromatic heterocycles. The molecule has 0 bridgehead atoms. The summed E-state index contributed by atoms with van der Waals surface area (Å²) in [5.74, 6) is -1.24. The molecule has 5 heteroatoms. The smallest absolute Gasteiger partial charge is 0.346 e. The number of carboxylic acid groups (broad SMARTS) is 1. The van der Waals surface area contributed by atoms with Crippen LogP contribution in [-0.4, -0.2) is 11.1 Å². The van der Waals surface area contributed by atoms with Crippen molar-refractivity contribution in [2.24, 2.45) is 0 Å². The number of para-hydroxylation sites is 3. The van der Waals surface area contributed by atoms with Gasteiger partial charge in [-0.1, -0.05) is 78.9 Å². The molecule has 5 rings (SSSR count). The largest absolute Gasteiger partial charge is 0.477 e. The summed E-state index contributed by atoms with van der Waals surface area (Å²) in [6.45, 7) is 0. The summed E-state index contributed by atoms with van der Waals surface area (Å²) in [6, 6.07) is 48.9. The molecule has 1 N–H and O–H groups in total. The zero-order valence-corrected chi connectivity index (χ0v) is 22.2. The van der Waals surface area contributed by atoms with Crippen LogP contribution in [0.3, 0.4) is 0 Å². The van der Waals surface area contributed by atoms with Gasteiger partial charge in [0.15, 0.2) is 0 Å². The normalized spacial score (nSPS) is 11.1. The summed E-state index contributed by atoms with van der Waals surface area (Å²) in [4.78, 5) is 15.4. The third kappa shape index (κ3) is 6.42. The third-order valence-corrected chi connectivity index (χ3v) is 6.46. The summed E-state index contributed by atoms with van der Waals surface area (Å²) in [6.07, 6.45) is 4.64. The summed E-state index contributed by atoms with van der Waals surface area (Å²) in [5.41, 5.74) is 6.79. The number of allylic oxidation sites excluding steroid dienone is 2. The van der Waals surface area contributed by atoms with Crippen LogP contribution in [-0.2, 0) is 4.79 Å².